The minimum absolute atomic E-state index is 0.00898. The summed E-state index contributed by atoms with van der Waals surface area (Å²) in [6.45, 7) is 6.20. The Labute approximate surface area is 116 Å². The molecule has 0 aliphatic rings. The maximum absolute atomic E-state index is 11.3. The number of nitrogens with zero attached hydrogens (tertiary/aromatic N) is 1. The Morgan fingerprint density at radius 3 is 2.58 bits per heavy atom. The van der Waals surface area contributed by atoms with E-state index in [0.717, 1.165) is 5.56 Å². The van der Waals surface area contributed by atoms with Crippen molar-refractivity contribution in [1.82, 2.24) is 5.32 Å². The lowest BCUT2D eigenvalue weighted by Gasteiger charge is -2.17. The zero-order valence-electron chi connectivity index (χ0n) is 11.7. The Morgan fingerprint density at radius 2 is 2.05 bits per heavy atom. The van der Waals surface area contributed by atoms with E-state index < -0.39 is 10.8 Å². The molecule has 0 heterocycles. The van der Waals surface area contributed by atoms with Gasteiger partial charge in [0.15, 0.2) is 0 Å². The molecule has 0 aromatic heterocycles. The van der Waals surface area contributed by atoms with E-state index in [0.29, 0.717) is 12.1 Å². The molecule has 0 fully saturated rings. The van der Waals surface area contributed by atoms with Crippen LogP contribution in [0.2, 0.25) is 0 Å². The molecule has 3 atom stereocenters. The molecule has 3 unspecified atom stereocenters. The standard InChI is InChI=1S/C13H20N2O3S/c1-9-5-6-12(7-13(9)15(16)17)11(3)14-8-10(2)19(4)18/h5-7,10-11,14H,8H2,1-4H3. The smallest absolute Gasteiger partial charge is 0.272 e. The van der Waals surface area contributed by atoms with Gasteiger partial charge in [-0.1, -0.05) is 12.1 Å². The monoisotopic (exact) mass is 284 g/mol. The largest absolute Gasteiger partial charge is 0.309 e. The second-order valence-corrected chi connectivity index (χ2v) is 6.54. The molecule has 1 aromatic rings. The van der Waals surface area contributed by atoms with E-state index in [1.807, 2.05) is 19.9 Å². The molecule has 0 saturated heterocycles. The Bertz CT molecular complexity index is 491. The zero-order chi connectivity index (χ0) is 14.6. The molecule has 1 rings (SSSR count). The molecule has 0 aliphatic heterocycles. The highest BCUT2D eigenvalue weighted by Gasteiger charge is 2.15. The van der Waals surface area contributed by atoms with Crippen molar-refractivity contribution in [2.24, 2.45) is 0 Å². The van der Waals surface area contributed by atoms with Gasteiger partial charge in [-0.2, -0.15) is 0 Å². The van der Waals surface area contributed by atoms with Crippen LogP contribution < -0.4 is 5.32 Å². The van der Waals surface area contributed by atoms with Gasteiger partial charge in [0.05, 0.1) is 4.92 Å². The van der Waals surface area contributed by atoms with Crippen LogP contribution >= 0.6 is 0 Å². The lowest BCUT2D eigenvalue weighted by Crippen LogP contribution is -2.29. The summed E-state index contributed by atoms with van der Waals surface area (Å²) >= 11 is 0. The number of rotatable bonds is 6. The highest BCUT2D eigenvalue weighted by molar-refractivity contribution is 7.84. The summed E-state index contributed by atoms with van der Waals surface area (Å²) in [4.78, 5) is 10.5. The molecule has 0 bridgehead atoms. The molecule has 1 aromatic carbocycles. The van der Waals surface area contributed by atoms with E-state index >= 15 is 0 Å². The average molecular weight is 284 g/mol. The van der Waals surface area contributed by atoms with Crippen molar-refractivity contribution in [1.29, 1.82) is 0 Å². The normalized spacial score (nSPS) is 15.8. The third-order valence-corrected chi connectivity index (χ3v) is 4.51. The molecule has 106 valence electrons. The molecule has 1 N–H and O–H groups in total. The summed E-state index contributed by atoms with van der Waals surface area (Å²) in [6.07, 6.45) is 1.67. The van der Waals surface area contributed by atoms with Gasteiger partial charge in [-0.3, -0.25) is 14.3 Å². The minimum Gasteiger partial charge on any atom is -0.309 e. The van der Waals surface area contributed by atoms with Crippen LogP contribution in [0.15, 0.2) is 18.2 Å². The number of benzene rings is 1. The number of nitro benzene ring substituents is 1. The highest BCUT2D eigenvalue weighted by atomic mass is 32.2. The van der Waals surface area contributed by atoms with E-state index in [4.69, 9.17) is 0 Å². The van der Waals surface area contributed by atoms with Crippen molar-refractivity contribution < 1.29 is 9.13 Å². The van der Waals surface area contributed by atoms with Crippen LogP contribution in [-0.4, -0.2) is 27.2 Å². The Balaban J connectivity index is 2.77. The quantitative estimate of drug-likeness (QED) is 0.642. The number of aryl methyl sites for hydroxylation is 1. The molecular formula is C13H20N2O3S. The van der Waals surface area contributed by atoms with Crippen LogP contribution in [0.4, 0.5) is 5.69 Å². The molecule has 0 spiro atoms. The van der Waals surface area contributed by atoms with Gasteiger partial charge in [-0.25, -0.2) is 0 Å². The molecule has 0 radical (unpaired) electrons. The fraction of sp³-hybridized carbons (Fsp3) is 0.538. The van der Waals surface area contributed by atoms with E-state index in [-0.39, 0.29) is 21.9 Å². The average Bonchev–Trinajstić information content (AvgIpc) is 2.35. The molecule has 19 heavy (non-hydrogen) atoms. The predicted octanol–water partition coefficient (Wildman–Crippen LogP) is 2.32. The topological polar surface area (TPSA) is 72.2 Å². The van der Waals surface area contributed by atoms with E-state index in [2.05, 4.69) is 5.32 Å². The lowest BCUT2D eigenvalue weighted by molar-refractivity contribution is -0.385. The molecular weight excluding hydrogens is 264 g/mol. The van der Waals surface area contributed by atoms with Crippen molar-refractivity contribution in [3.8, 4) is 0 Å². The van der Waals surface area contributed by atoms with Crippen LogP contribution in [0.5, 0.6) is 0 Å². The van der Waals surface area contributed by atoms with Gasteiger partial charge in [0, 0.05) is 46.5 Å². The van der Waals surface area contributed by atoms with Crippen molar-refractivity contribution in [2.75, 3.05) is 12.8 Å². The van der Waals surface area contributed by atoms with Crippen LogP contribution in [0.1, 0.15) is 31.0 Å². The fourth-order valence-electron chi connectivity index (χ4n) is 1.67. The van der Waals surface area contributed by atoms with Crippen LogP contribution in [-0.2, 0) is 10.8 Å². The van der Waals surface area contributed by atoms with Gasteiger partial charge < -0.3 is 5.32 Å². The number of hydrogen-bond donors (Lipinski definition) is 1. The summed E-state index contributed by atoms with van der Waals surface area (Å²) in [5.74, 6) is 0. The number of nitro groups is 1. The van der Waals surface area contributed by atoms with Crippen molar-refractivity contribution in [3.05, 3.63) is 39.4 Å². The third-order valence-electron chi connectivity index (χ3n) is 3.21. The highest BCUT2D eigenvalue weighted by Crippen LogP contribution is 2.23. The number of nitrogens with one attached hydrogen (secondary N) is 1. The molecule has 6 heteroatoms. The van der Waals surface area contributed by atoms with Gasteiger partial charge >= 0.3 is 0 Å². The second-order valence-electron chi connectivity index (χ2n) is 4.74. The van der Waals surface area contributed by atoms with Gasteiger partial charge in [-0.15, -0.1) is 0 Å². The fourth-order valence-corrected chi connectivity index (χ4v) is 2.00. The van der Waals surface area contributed by atoms with Crippen LogP contribution in [0, 0.1) is 17.0 Å². The first-order chi connectivity index (χ1) is 8.82. The molecule has 0 amide bonds. The van der Waals surface area contributed by atoms with Gasteiger partial charge in [0.25, 0.3) is 5.69 Å². The van der Waals surface area contributed by atoms with Gasteiger partial charge in [0.1, 0.15) is 0 Å². The SMILES string of the molecule is Cc1ccc(C(C)NCC(C)S(C)=O)cc1[N+](=O)[O-]. The second kappa shape index (κ2) is 6.77. The zero-order valence-corrected chi connectivity index (χ0v) is 12.5. The predicted molar refractivity (Wildman–Crippen MR) is 77.8 cm³/mol. The first kappa shape index (κ1) is 15.8. The molecule has 0 saturated carbocycles. The van der Waals surface area contributed by atoms with E-state index in [1.165, 1.54) is 0 Å². The van der Waals surface area contributed by atoms with Crippen molar-refractivity contribution >= 4 is 16.5 Å². The third kappa shape index (κ3) is 4.40. The first-order valence-corrected chi connectivity index (χ1v) is 7.75. The summed E-state index contributed by atoms with van der Waals surface area (Å²) in [7, 11) is -0.869. The Hall–Kier alpha value is -1.27. The maximum atomic E-state index is 11.3. The molecule has 5 nitrogen and oxygen atoms in total. The van der Waals surface area contributed by atoms with E-state index in [1.54, 1.807) is 25.3 Å². The lowest BCUT2D eigenvalue weighted by atomic mass is 10.0. The summed E-state index contributed by atoms with van der Waals surface area (Å²) in [5, 5.41) is 14.2. The van der Waals surface area contributed by atoms with Gasteiger partial charge in [-0.05, 0) is 26.3 Å². The van der Waals surface area contributed by atoms with Crippen molar-refractivity contribution in [2.45, 2.75) is 32.1 Å². The van der Waals surface area contributed by atoms with Crippen molar-refractivity contribution in [3.63, 3.8) is 0 Å². The Kier molecular flexibility index (Phi) is 5.62. The summed E-state index contributed by atoms with van der Waals surface area (Å²) in [5.41, 5.74) is 1.66. The molecule has 0 aliphatic carbocycles. The Morgan fingerprint density at radius 1 is 1.42 bits per heavy atom. The number of hydrogen-bond acceptors (Lipinski definition) is 4. The van der Waals surface area contributed by atoms with Gasteiger partial charge in [0.2, 0.25) is 0 Å². The maximum Gasteiger partial charge on any atom is 0.272 e. The van der Waals surface area contributed by atoms with Crippen LogP contribution in [0.3, 0.4) is 0 Å². The minimum atomic E-state index is -0.869. The summed E-state index contributed by atoms with van der Waals surface area (Å²) < 4.78 is 11.3. The van der Waals surface area contributed by atoms with E-state index in [9.17, 15) is 14.3 Å². The first-order valence-electron chi connectivity index (χ1n) is 6.13. The van der Waals surface area contributed by atoms with Crippen LogP contribution in [0.25, 0.3) is 0 Å². The summed E-state index contributed by atoms with van der Waals surface area (Å²) in [6, 6.07) is 5.23.